The fourth-order valence-corrected chi connectivity index (χ4v) is 3.21. The number of hydrogen-bond donors (Lipinski definition) is 0. The van der Waals surface area contributed by atoms with Crippen molar-refractivity contribution in [2.24, 2.45) is 0 Å². The second-order valence-corrected chi connectivity index (χ2v) is 6.10. The van der Waals surface area contributed by atoms with Crippen molar-refractivity contribution >= 4 is 23.5 Å². The first-order valence-corrected chi connectivity index (χ1v) is 7.75. The predicted molar refractivity (Wildman–Crippen MR) is 94.8 cm³/mol. The highest BCUT2D eigenvalue weighted by molar-refractivity contribution is 6.57. The van der Waals surface area contributed by atoms with Crippen molar-refractivity contribution in [1.29, 1.82) is 0 Å². The maximum Gasteiger partial charge on any atom is 0.169 e. The van der Waals surface area contributed by atoms with E-state index in [-0.39, 0.29) is 5.31 Å². The molecule has 104 valence electrons. The lowest BCUT2D eigenvalue weighted by atomic mass is 9.45. The second kappa shape index (κ2) is 5.77. The Labute approximate surface area is 128 Å². The van der Waals surface area contributed by atoms with E-state index in [1.807, 2.05) is 0 Å². The fraction of sp³-hybridized carbons (Fsp3) is 0.200. The minimum Gasteiger partial charge on any atom is -0.0835 e. The quantitative estimate of drug-likeness (QED) is 0.623. The maximum absolute atomic E-state index is 2.39. The van der Waals surface area contributed by atoms with Crippen LogP contribution in [0.5, 0.6) is 0 Å². The number of fused-ring (bicyclic) bond motifs is 1. The van der Waals surface area contributed by atoms with E-state index in [9.17, 15) is 0 Å². The standard InChI is InChI=1S/C20H21B/c1-3-20(2,21-17-12-5-4-6-13-17)19-15-9-11-16-10-7-8-14-18(16)19/h4-15,21H,3H2,1-2H3. The summed E-state index contributed by atoms with van der Waals surface area (Å²) in [5, 5.41) is 2.89. The van der Waals surface area contributed by atoms with Crippen LogP contribution in [0.15, 0.2) is 72.8 Å². The Balaban J connectivity index is 2.09. The normalized spacial score (nSPS) is 13.8. The molecule has 3 rings (SSSR count). The molecule has 0 saturated heterocycles. The van der Waals surface area contributed by atoms with Gasteiger partial charge in [0.1, 0.15) is 0 Å². The van der Waals surface area contributed by atoms with Gasteiger partial charge in [0.2, 0.25) is 0 Å². The van der Waals surface area contributed by atoms with Crippen molar-refractivity contribution in [2.45, 2.75) is 25.6 Å². The Kier molecular flexibility index (Phi) is 3.83. The third kappa shape index (κ3) is 2.74. The molecule has 0 heterocycles. The van der Waals surface area contributed by atoms with Gasteiger partial charge in [-0.3, -0.25) is 0 Å². The molecule has 0 fully saturated rings. The van der Waals surface area contributed by atoms with E-state index >= 15 is 0 Å². The Morgan fingerprint density at radius 3 is 2.24 bits per heavy atom. The molecular weight excluding hydrogens is 251 g/mol. The van der Waals surface area contributed by atoms with Crippen LogP contribution in [0.4, 0.5) is 0 Å². The number of rotatable bonds is 4. The van der Waals surface area contributed by atoms with Crippen molar-refractivity contribution in [3.05, 3.63) is 78.4 Å². The van der Waals surface area contributed by atoms with E-state index < -0.39 is 0 Å². The van der Waals surface area contributed by atoms with Gasteiger partial charge in [0.25, 0.3) is 0 Å². The van der Waals surface area contributed by atoms with Crippen LogP contribution in [0.2, 0.25) is 0 Å². The average Bonchev–Trinajstić information content (AvgIpc) is 2.55. The van der Waals surface area contributed by atoms with Crippen LogP contribution in [0, 0.1) is 0 Å². The molecule has 3 aromatic rings. The molecule has 0 nitrogen and oxygen atoms in total. The Morgan fingerprint density at radius 1 is 0.810 bits per heavy atom. The van der Waals surface area contributed by atoms with Gasteiger partial charge >= 0.3 is 0 Å². The molecule has 3 aromatic carbocycles. The van der Waals surface area contributed by atoms with Gasteiger partial charge in [-0.05, 0) is 21.7 Å². The van der Waals surface area contributed by atoms with E-state index in [1.165, 1.54) is 21.8 Å². The van der Waals surface area contributed by atoms with Crippen LogP contribution in [0.3, 0.4) is 0 Å². The molecule has 0 bridgehead atoms. The van der Waals surface area contributed by atoms with E-state index in [0.29, 0.717) is 0 Å². The molecule has 0 radical (unpaired) electrons. The molecule has 1 heteroatoms. The minimum atomic E-state index is 0.169. The molecule has 0 aromatic heterocycles. The lowest BCUT2D eigenvalue weighted by molar-refractivity contribution is 0.648. The lowest BCUT2D eigenvalue weighted by Gasteiger charge is -2.29. The zero-order chi connectivity index (χ0) is 14.7. The smallest absolute Gasteiger partial charge is 0.0835 e. The van der Waals surface area contributed by atoms with Gasteiger partial charge in [0.05, 0.1) is 0 Å². The summed E-state index contributed by atoms with van der Waals surface area (Å²) in [5.41, 5.74) is 2.88. The molecule has 1 unspecified atom stereocenters. The first kappa shape index (κ1) is 13.9. The highest BCUT2D eigenvalue weighted by Gasteiger charge is 2.27. The van der Waals surface area contributed by atoms with E-state index in [2.05, 4.69) is 86.6 Å². The van der Waals surface area contributed by atoms with Gasteiger partial charge in [-0.1, -0.05) is 98.5 Å². The molecule has 1 atom stereocenters. The first-order chi connectivity index (χ1) is 10.2. The zero-order valence-corrected chi connectivity index (χ0v) is 12.8. The molecule has 0 spiro atoms. The molecular formula is C20H21B. The highest BCUT2D eigenvalue weighted by Crippen LogP contribution is 2.32. The van der Waals surface area contributed by atoms with E-state index in [1.54, 1.807) is 0 Å². The first-order valence-electron chi connectivity index (χ1n) is 7.75. The summed E-state index contributed by atoms with van der Waals surface area (Å²) in [5.74, 6) is 0. The fourth-order valence-electron chi connectivity index (χ4n) is 3.21. The van der Waals surface area contributed by atoms with Crippen LogP contribution in [0.25, 0.3) is 10.8 Å². The minimum absolute atomic E-state index is 0.169. The third-order valence-electron chi connectivity index (χ3n) is 4.66. The summed E-state index contributed by atoms with van der Waals surface area (Å²) in [4.78, 5) is 0. The van der Waals surface area contributed by atoms with Crippen molar-refractivity contribution in [1.82, 2.24) is 0 Å². The Bertz CT molecular complexity index is 728. The van der Waals surface area contributed by atoms with Gasteiger partial charge in [0, 0.05) is 0 Å². The summed E-state index contributed by atoms with van der Waals surface area (Å²) >= 11 is 0. The summed E-state index contributed by atoms with van der Waals surface area (Å²) < 4.78 is 0. The van der Waals surface area contributed by atoms with Gasteiger partial charge < -0.3 is 0 Å². The van der Waals surface area contributed by atoms with E-state index in [4.69, 9.17) is 0 Å². The van der Waals surface area contributed by atoms with E-state index in [0.717, 1.165) is 13.7 Å². The SMILES string of the molecule is CCC(C)(Bc1ccccc1)c1cccc2ccccc12. The average molecular weight is 272 g/mol. The molecule has 21 heavy (non-hydrogen) atoms. The van der Waals surface area contributed by atoms with Crippen molar-refractivity contribution in [3.8, 4) is 0 Å². The van der Waals surface area contributed by atoms with Crippen LogP contribution in [-0.4, -0.2) is 7.28 Å². The Hall–Kier alpha value is -2.02. The van der Waals surface area contributed by atoms with Crippen molar-refractivity contribution < 1.29 is 0 Å². The zero-order valence-electron chi connectivity index (χ0n) is 12.8. The van der Waals surface area contributed by atoms with Gasteiger partial charge in [-0.15, -0.1) is 0 Å². The largest absolute Gasteiger partial charge is 0.169 e. The van der Waals surface area contributed by atoms with Gasteiger partial charge in [0.15, 0.2) is 7.28 Å². The summed E-state index contributed by atoms with van der Waals surface area (Å²) in [6, 6.07) is 26.2. The van der Waals surface area contributed by atoms with Crippen LogP contribution >= 0.6 is 0 Å². The molecule has 0 N–H and O–H groups in total. The monoisotopic (exact) mass is 272 g/mol. The summed E-state index contributed by atoms with van der Waals surface area (Å²) in [7, 11) is 1.08. The molecule has 0 amide bonds. The van der Waals surface area contributed by atoms with Gasteiger partial charge in [-0.2, -0.15) is 0 Å². The second-order valence-electron chi connectivity index (χ2n) is 6.10. The summed E-state index contributed by atoms with van der Waals surface area (Å²) in [6.45, 7) is 4.69. The third-order valence-corrected chi connectivity index (χ3v) is 4.66. The summed E-state index contributed by atoms with van der Waals surface area (Å²) in [6.07, 6.45) is 1.13. The van der Waals surface area contributed by atoms with Crippen molar-refractivity contribution in [2.75, 3.05) is 0 Å². The van der Waals surface area contributed by atoms with Crippen molar-refractivity contribution in [3.63, 3.8) is 0 Å². The molecule has 0 saturated carbocycles. The number of benzene rings is 3. The van der Waals surface area contributed by atoms with Gasteiger partial charge in [-0.25, -0.2) is 0 Å². The Morgan fingerprint density at radius 2 is 1.48 bits per heavy atom. The highest BCUT2D eigenvalue weighted by atomic mass is 14.2. The maximum atomic E-state index is 2.39. The molecule has 0 aliphatic rings. The lowest BCUT2D eigenvalue weighted by Crippen LogP contribution is -2.36. The topological polar surface area (TPSA) is 0 Å². The predicted octanol–water partition coefficient (Wildman–Crippen LogP) is 4.23. The van der Waals surface area contributed by atoms with Crippen LogP contribution in [-0.2, 0) is 5.31 Å². The number of hydrogen-bond acceptors (Lipinski definition) is 0. The molecule has 0 aliphatic carbocycles. The van der Waals surface area contributed by atoms with Crippen LogP contribution < -0.4 is 5.46 Å². The molecule has 0 aliphatic heterocycles. The van der Waals surface area contributed by atoms with Crippen LogP contribution in [0.1, 0.15) is 25.8 Å².